The Labute approximate surface area is 62.0 Å². The SMILES string of the molecule is [3H]C1CCc2ccccc2O1. The number of para-hydroxylation sites is 1. The van der Waals surface area contributed by atoms with Crippen LogP contribution in [0.15, 0.2) is 24.3 Å². The van der Waals surface area contributed by atoms with Gasteiger partial charge in [0, 0.05) is 0 Å². The van der Waals surface area contributed by atoms with Crippen LogP contribution in [0.2, 0.25) is 0 Å². The summed E-state index contributed by atoms with van der Waals surface area (Å²) in [4.78, 5) is 0. The van der Waals surface area contributed by atoms with Crippen LogP contribution in [0.3, 0.4) is 0 Å². The van der Waals surface area contributed by atoms with Gasteiger partial charge in [0.1, 0.15) is 5.75 Å². The molecule has 0 spiro atoms. The number of hydrogen-bond donors (Lipinski definition) is 0. The summed E-state index contributed by atoms with van der Waals surface area (Å²) < 4.78 is 12.7. The largest absolute Gasteiger partial charge is 0.493 e. The van der Waals surface area contributed by atoms with Crippen LogP contribution in [-0.2, 0) is 6.42 Å². The zero-order valence-corrected chi connectivity index (χ0v) is 5.71. The minimum atomic E-state index is -0.357. The highest BCUT2D eigenvalue weighted by atomic mass is 16.5. The molecular formula is C9H10O. The average molecular weight is 136 g/mol. The van der Waals surface area contributed by atoms with E-state index in [1.807, 2.05) is 18.2 Å². The number of rotatable bonds is 0. The molecule has 0 amide bonds. The third-order valence-corrected chi connectivity index (χ3v) is 1.71. The molecule has 1 aromatic rings. The Morgan fingerprint density at radius 2 is 2.30 bits per heavy atom. The number of aryl methyl sites for hydroxylation is 1. The van der Waals surface area contributed by atoms with Crippen molar-refractivity contribution in [3.8, 4) is 5.75 Å². The van der Waals surface area contributed by atoms with Gasteiger partial charge in [-0.05, 0) is 24.5 Å². The van der Waals surface area contributed by atoms with E-state index in [9.17, 15) is 0 Å². The summed E-state index contributed by atoms with van der Waals surface area (Å²) in [6.45, 7) is -0.357. The maximum Gasteiger partial charge on any atom is 0.122 e. The van der Waals surface area contributed by atoms with Gasteiger partial charge in [-0.2, -0.15) is 0 Å². The number of fused-ring (bicyclic) bond motifs is 1. The lowest BCUT2D eigenvalue weighted by Crippen LogP contribution is -2.07. The molecule has 0 fully saturated rings. The van der Waals surface area contributed by atoms with Gasteiger partial charge in [0.15, 0.2) is 0 Å². The molecule has 0 saturated heterocycles. The van der Waals surface area contributed by atoms with Gasteiger partial charge in [0.25, 0.3) is 0 Å². The monoisotopic (exact) mass is 136 g/mol. The van der Waals surface area contributed by atoms with Crippen LogP contribution in [0.5, 0.6) is 5.75 Å². The summed E-state index contributed by atoms with van der Waals surface area (Å²) in [7, 11) is 0. The molecule has 0 N–H and O–H groups in total. The van der Waals surface area contributed by atoms with Crippen LogP contribution in [0.4, 0.5) is 0 Å². The van der Waals surface area contributed by atoms with Crippen molar-refractivity contribution in [1.82, 2.24) is 0 Å². The Balaban J connectivity index is 2.34. The summed E-state index contributed by atoms with van der Waals surface area (Å²) in [5.41, 5.74) is 1.23. The maximum absolute atomic E-state index is 7.38. The minimum absolute atomic E-state index is 0.357. The first-order valence-corrected chi connectivity index (χ1v) is 3.53. The molecule has 1 aliphatic heterocycles. The van der Waals surface area contributed by atoms with Crippen molar-refractivity contribution >= 4 is 0 Å². The van der Waals surface area contributed by atoms with Gasteiger partial charge in [-0.3, -0.25) is 0 Å². The first-order valence-electron chi connectivity index (χ1n) is 4.11. The van der Waals surface area contributed by atoms with E-state index < -0.39 is 0 Å². The fourth-order valence-corrected chi connectivity index (χ4v) is 1.19. The standard InChI is InChI=1S/C9H10O/c1-2-6-9-8(4-1)5-3-7-10-9/h1-2,4,6H,3,5,7H2/i7T. The molecule has 1 nitrogen and oxygen atoms in total. The normalized spacial score (nSPS) is 24.4. The zero-order valence-electron chi connectivity index (χ0n) is 6.71. The Bertz CT molecular complexity index is 259. The lowest BCUT2D eigenvalue weighted by atomic mass is 10.1. The zero-order chi connectivity index (χ0) is 7.68. The minimum Gasteiger partial charge on any atom is -0.493 e. The van der Waals surface area contributed by atoms with Gasteiger partial charge in [-0.15, -0.1) is 0 Å². The van der Waals surface area contributed by atoms with Crippen LogP contribution in [0, 0.1) is 0 Å². The summed E-state index contributed by atoms with van der Waals surface area (Å²) in [5.74, 6) is 0.888. The molecule has 2 rings (SSSR count). The van der Waals surface area contributed by atoms with Crippen LogP contribution in [-0.4, -0.2) is 6.58 Å². The van der Waals surface area contributed by atoms with Crippen LogP contribution in [0.25, 0.3) is 0 Å². The third kappa shape index (κ3) is 0.878. The molecule has 1 unspecified atom stereocenters. The van der Waals surface area contributed by atoms with Crippen molar-refractivity contribution in [2.24, 2.45) is 0 Å². The van der Waals surface area contributed by atoms with E-state index in [0.29, 0.717) is 0 Å². The van der Waals surface area contributed by atoms with Crippen molar-refractivity contribution in [2.75, 3.05) is 6.58 Å². The van der Waals surface area contributed by atoms with E-state index in [1.54, 1.807) is 0 Å². The molecule has 1 atom stereocenters. The molecule has 1 aromatic carbocycles. The van der Waals surface area contributed by atoms with E-state index >= 15 is 0 Å². The van der Waals surface area contributed by atoms with Gasteiger partial charge < -0.3 is 4.74 Å². The average Bonchev–Trinajstić information content (AvgIpc) is 2.04. The Morgan fingerprint density at radius 1 is 1.40 bits per heavy atom. The third-order valence-electron chi connectivity index (χ3n) is 1.71. The Kier molecular flexibility index (Phi) is 1.11. The first kappa shape index (κ1) is 4.78. The first-order chi connectivity index (χ1) is 5.36. The summed E-state index contributed by atoms with van der Waals surface area (Å²) >= 11 is 0. The molecule has 0 bridgehead atoms. The second kappa shape index (κ2) is 2.33. The lowest BCUT2D eigenvalue weighted by molar-refractivity contribution is 0.288. The molecule has 0 saturated carbocycles. The highest BCUT2D eigenvalue weighted by Crippen LogP contribution is 2.22. The molecule has 1 heteroatoms. The molecule has 0 radical (unpaired) electrons. The highest BCUT2D eigenvalue weighted by Gasteiger charge is 2.06. The van der Waals surface area contributed by atoms with E-state index in [-0.39, 0.29) is 6.58 Å². The van der Waals surface area contributed by atoms with Crippen molar-refractivity contribution < 1.29 is 6.11 Å². The van der Waals surface area contributed by atoms with Crippen LogP contribution >= 0.6 is 0 Å². The van der Waals surface area contributed by atoms with E-state index in [2.05, 4.69) is 6.07 Å². The maximum atomic E-state index is 7.38. The number of benzene rings is 1. The molecule has 0 aliphatic carbocycles. The predicted molar refractivity (Wildman–Crippen MR) is 40.3 cm³/mol. The fraction of sp³-hybridized carbons (Fsp3) is 0.333. The number of hydrogen-bond acceptors (Lipinski definition) is 1. The Morgan fingerprint density at radius 3 is 3.30 bits per heavy atom. The quantitative estimate of drug-likeness (QED) is 0.530. The van der Waals surface area contributed by atoms with Crippen LogP contribution in [0.1, 0.15) is 13.4 Å². The van der Waals surface area contributed by atoms with Crippen molar-refractivity contribution in [2.45, 2.75) is 12.8 Å². The van der Waals surface area contributed by atoms with Gasteiger partial charge in [0.05, 0.1) is 7.95 Å². The Hall–Kier alpha value is -0.980. The van der Waals surface area contributed by atoms with Crippen LogP contribution < -0.4 is 4.74 Å². The van der Waals surface area contributed by atoms with Crippen molar-refractivity contribution in [1.29, 1.82) is 0 Å². The number of ether oxygens (including phenoxy) is 1. The summed E-state index contributed by atoms with van der Waals surface area (Å²) in [6.07, 6.45) is 1.79. The highest BCUT2D eigenvalue weighted by molar-refractivity contribution is 5.34. The molecule has 10 heavy (non-hydrogen) atoms. The molecule has 1 heterocycles. The summed E-state index contributed by atoms with van der Waals surface area (Å²) in [5, 5.41) is 0. The van der Waals surface area contributed by atoms with Crippen molar-refractivity contribution in [3.63, 3.8) is 0 Å². The predicted octanol–water partition coefficient (Wildman–Crippen LogP) is 2.01. The van der Waals surface area contributed by atoms with Gasteiger partial charge in [-0.25, -0.2) is 0 Å². The van der Waals surface area contributed by atoms with Gasteiger partial charge in [0.2, 0.25) is 0 Å². The van der Waals surface area contributed by atoms with E-state index in [0.717, 1.165) is 18.6 Å². The molecule has 0 aromatic heterocycles. The van der Waals surface area contributed by atoms with Gasteiger partial charge >= 0.3 is 0 Å². The second-order valence-corrected chi connectivity index (χ2v) is 2.43. The van der Waals surface area contributed by atoms with Gasteiger partial charge in [-0.1, -0.05) is 18.2 Å². The summed E-state index contributed by atoms with van der Waals surface area (Å²) in [6, 6.07) is 7.93. The smallest absolute Gasteiger partial charge is 0.122 e. The second-order valence-electron chi connectivity index (χ2n) is 2.43. The van der Waals surface area contributed by atoms with E-state index in [1.165, 1.54) is 5.56 Å². The van der Waals surface area contributed by atoms with E-state index in [4.69, 9.17) is 6.11 Å². The fourth-order valence-electron chi connectivity index (χ4n) is 1.19. The van der Waals surface area contributed by atoms with Crippen molar-refractivity contribution in [3.05, 3.63) is 29.8 Å². The lowest BCUT2D eigenvalue weighted by Gasteiger charge is -2.15. The molecule has 52 valence electrons. The molecule has 1 aliphatic rings. The molecular weight excluding hydrogens is 124 g/mol. The topological polar surface area (TPSA) is 9.23 Å².